The lowest BCUT2D eigenvalue weighted by molar-refractivity contribution is -0.174. The number of fused-ring (bicyclic) bond motifs is 1. The number of aryl methyl sites for hydroxylation is 1. The average Bonchev–Trinajstić information content (AvgIpc) is 3.16. The van der Waals surface area contributed by atoms with E-state index in [9.17, 15) is 4.79 Å². The Balaban J connectivity index is 2.31. The highest BCUT2D eigenvalue weighted by molar-refractivity contribution is 9.10. The summed E-state index contributed by atoms with van der Waals surface area (Å²) < 4.78 is 31.0. The van der Waals surface area contributed by atoms with Crippen molar-refractivity contribution in [1.82, 2.24) is 14.1 Å². The maximum absolute atomic E-state index is 13.0. The van der Waals surface area contributed by atoms with Crippen molar-refractivity contribution >= 4 is 35.8 Å². The van der Waals surface area contributed by atoms with E-state index in [0.29, 0.717) is 22.4 Å². The van der Waals surface area contributed by atoms with E-state index in [1.165, 1.54) is 4.57 Å². The molecule has 0 bridgehead atoms. The van der Waals surface area contributed by atoms with Gasteiger partial charge in [0.25, 0.3) is 5.56 Å². The Morgan fingerprint density at radius 2 is 1.64 bits per heavy atom. The van der Waals surface area contributed by atoms with Crippen molar-refractivity contribution in [1.29, 1.82) is 0 Å². The molecule has 0 saturated carbocycles. The van der Waals surface area contributed by atoms with Crippen LogP contribution in [0.15, 0.2) is 21.8 Å². The van der Waals surface area contributed by atoms with Gasteiger partial charge in [-0.25, -0.2) is 4.98 Å². The van der Waals surface area contributed by atoms with Gasteiger partial charge in [0, 0.05) is 13.2 Å². The second-order valence-corrected chi connectivity index (χ2v) is 16.9. The summed E-state index contributed by atoms with van der Waals surface area (Å²) in [4.78, 5) is 17.6. The predicted octanol–water partition coefficient (Wildman–Crippen LogP) is 4.76. The Bertz CT molecular complexity index is 1140. The van der Waals surface area contributed by atoms with Crippen molar-refractivity contribution in [3.05, 3.63) is 27.4 Å². The zero-order valence-electron chi connectivity index (χ0n) is 23.9. The molecular formula is C26H44BrN3O5Si. The molecular weight excluding hydrogens is 542 g/mol. The van der Waals surface area contributed by atoms with Gasteiger partial charge in [-0.1, -0.05) is 13.1 Å². The van der Waals surface area contributed by atoms with Crippen LogP contribution in [0.5, 0.6) is 0 Å². The van der Waals surface area contributed by atoms with E-state index in [1.54, 1.807) is 13.2 Å². The quantitative estimate of drug-likeness (QED) is 0.455. The summed E-state index contributed by atoms with van der Waals surface area (Å²) >= 11 is 3.68. The standard InChI is InChI=1S/C26H44BrN3O5Si/c1-23(2,3)32-15-17-19(34-24(4,5)6)20(35-25(7,8)9)26(33-17,36(11)12)30-16-13-14-29(10)21(31)18(16)28-22(30)27/h13-14,17,19-20,36H,15H2,1-12H3/t17-,19-,20-,26-/m1/s1. The number of aromatic nitrogens is 3. The number of rotatable bonds is 6. The van der Waals surface area contributed by atoms with Crippen LogP contribution >= 0.6 is 15.9 Å². The molecule has 1 aliphatic heterocycles. The summed E-state index contributed by atoms with van der Waals surface area (Å²) in [6, 6.07) is 1.92. The molecule has 0 radical (unpaired) electrons. The molecule has 2 aromatic rings. The lowest BCUT2D eigenvalue weighted by atomic mass is 10.1. The second-order valence-electron chi connectivity index (χ2n) is 13.0. The van der Waals surface area contributed by atoms with Gasteiger partial charge in [0.1, 0.15) is 18.3 Å². The monoisotopic (exact) mass is 585 g/mol. The van der Waals surface area contributed by atoms with Crippen molar-refractivity contribution in [2.75, 3.05) is 6.61 Å². The van der Waals surface area contributed by atoms with Crippen LogP contribution in [-0.4, -0.2) is 64.6 Å². The highest BCUT2D eigenvalue weighted by Crippen LogP contribution is 2.46. The summed E-state index contributed by atoms with van der Waals surface area (Å²) in [6.45, 7) is 23.2. The van der Waals surface area contributed by atoms with Gasteiger partial charge in [0.05, 0.1) is 37.7 Å². The molecule has 8 nitrogen and oxygen atoms in total. The van der Waals surface area contributed by atoms with Gasteiger partial charge < -0.3 is 23.5 Å². The lowest BCUT2D eigenvalue weighted by Gasteiger charge is -2.43. The van der Waals surface area contributed by atoms with E-state index in [2.05, 4.69) is 34.0 Å². The summed E-state index contributed by atoms with van der Waals surface area (Å²) in [5.41, 5.74) is -0.311. The number of halogens is 1. The SMILES string of the molecule is Cn1ccc2c(nc(Br)n2[C@@]2([SiH](C)C)O[C@H](COC(C)(C)C)[C@@H](OC(C)(C)C)[C@H]2OC(C)(C)C)c1=O. The van der Waals surface area contributed by atoms with Crippen LogP contribution in [0.25, 0.3) is 11.0 Å². The van der Waals surface area contributed by atoms with Crippen molar-refractivity contribution in [3.8, 4) is 0 Å². The fraction of sp³-hybridized carbons (Fsp3) is 0.769. The number of pyridine rings is 1. The van der Waals surface area contributed by atoms with E-state index in [0.717, 1.165) is 0 Å². The molecule has 0 unspecified atom stereocenters. The zero-order valence-corrected chi connectivity index (χ0v) is 26.7. The van der Waals surface area contributed by atoms with Gasteiger partial charge in [-0.3, -0.25) is 9.36 Å². The lowest BCUT2D eigenvalue weighted by Crippen LogP contribution is -2.58. The Labute approximate surface area is 225 Å². The van der Waals surface area contributed by atoms with E-state index < -0.39 is 37.6 Å². The highest BCUT2D eigenvalue weighted by atomic mass is 79.9. The fourth-order valence-electron chi connectivity index (χ4n) is 4.71. The molecule has 0 spiro atoms. The summed E-state index contributed by atoms with van der Waals surface area (Å²) in [6.07, 6.45) is 0.511. The van der Waals surface area contributed by atoms with Gasteiger partial charge in [0.2, 0.25) is 0 Å². The molecule has 2 aromatic heterocycles. The van der Waals surface area contributed by atoms with Gasteiger partial charge in [-0.15, -0.1) is 0 Å². The van der Waals surface area contributed by atoms with Gasteiger partial charge in [0.15, 0.2) is 15.6 Å². The molecule has 0 N–H and O–H groups in total. The van der Waals surface area contributed by atoms with Crippen LogP contribution in [0.3, 0.4) is 0 Å². The van der Waals surface area contributed by atoms with Crippen molar-refractivity contribution in [3.63, 3.8) is 0 Å². The molecule has 3 heterocycles. The molecule has 1 aliphatic rings. The highest BCUT2D eigenvalue weighted by Gasteiger charge is 2.62. The Morgan fingerprint density at radius 3 is 2.14 bits per heavy atom. The van der Waals surface area contributed by atoms with Gasteiger partial charge >= 0.3 is 0 Å². The first-order chi connectivity index (χ1) is 16.3. The Morgan fingerprint density at radius 1 is 1.06 bits per heavy atom. The van der Waals surface area contributed by atoms with Crippen LogP contribution < -0.4 is 5.56 Å². The third kappa shape index (κ3) is 5.99. The number of ether oxygens (including phenoxy) is 4. The third-order valence-corrected chi connectivity index (χ3v) is 9.00. The van der Waals surface area contributed by atoms with Crippen molar-refractivity contribution < 1.29 is 18.9 Å². The normalized spacial score (nSPS) is 25.9. The predicted molar refractivity (Wildman–Crippen MR) is 149 cm³/mol. The number of nitrogens with zero attached hydrogens (tertiary/aromatic N) is 3. The van der Waals surface area contributed by atoms with E-state index >= 15 is 0 Å². The van der Waals surface area contributed by atoms with Gasteiger partial charge in [-0.2, -0.15) is 0 Å². The number of imidazole rings is 1. The minimum absolute atomic E-state index is 0.158. The van der Waals surface area contributed by atoms with Crippen LogP contribution in [0.2, 0.25) is 13.1 Å². The van der Waals surface area contributed by atoms with Crippen LogP contribution in [0.4, 0.5) is 0 Å². The molecule has 10 heteroatoms. The second kappa shape index (κ2) is 9.93. The molecule has 0 aliphatic carbocycles. The Hall–Kier alpha value is -1.04. The minimum Gasteiger partial charge on any atom is -0.373 e. The van der Waals surface area contributed by atoms with E-state index in [-0.39, 0.29) is 17.3 Å². The molecule has 204 valence electrons. The summed E-state index contributed by atoms with van der Waals surface area (Å²) in [5.74, 6) is 0. The van der Waals surface area contributed by atoms with Crippen LogP contribution in [0, 0.1) is 0 Å². The zero-order chi connectivity index (χ0) is 27.4. The number of hydrogen-bond donors (Lipinski definition) is 0. The molecule has 3 rings (SSSR count). The number of hydrogen-bond acceptors (Lipinski definition) is 6. The summed E-state index contributed by atoms with van der Waals surface area (Å²) in [7, 11) is -0.0445. The topological polar surface area (TPSA) is 76.7 Å². The minimum atomic E-state index is -1.77. The fourth-order valence-corrected chi connectivity index (χ4v) is 7.69. The Kier molecular flexibility index (Phi) is 8.14. The average molecular weight is 587 g/mol. The van der Waals surface area contributed by atoms with Crippen LogP contribution in [-0.2, 0) is 31.3 Å². The first-order valence-corrected chi connectivity index (χ1v) is 16.4. The molecule has 1 saturated heterocycles. The maximum Gasteiger partial charge on any atom is 0.278 e. The molecule has 36 heavy (non-hydrogen) atoms. The van der Waals surface area contributed by atoms with E-state index in [4.69, 9.17) is 18.9 Å². The first-order valence-electron chi connectivity index (χ1n) is 12.7. The maximum atomic E-state index is 13.0. The van der Waals surface area contributed by atoms with Gasteiger partial charge in [-0.05, 0) is 84.3 Å². The van der Waals surface area contributed by atoms with Crippen molar-refractivity contribution in [2.24, 2.45) is 7.05 Å². The van der Waals surface area contributed by atoms with Crippen LogP contribution in [0.1, 0.15) is 62.3 Å². The summed E-state index contributed by atoms with van der Waals surface area (Å²) in [5, 5.41) is -0.894. The largest absolute Gasteiger partial charge is 0.373 e. The third-order valence-electron chi connectivity index (χ3n) is 6.09. The molecule has 0 amide bonds. The van der Waals surface area contributed by atoms with E-state index in [1.807, 2.05) is 72.9 Å². The first kappa shape index (κ1) is 29.5. The molecule has 1 fully saturated rings. The van der Waals surface area contributed by atoms with Crippen molar-refractivity contribution in [2.45, 2.75) is 116 Å². The smallest absolute Gasteiger partial charge is 0.278 e. The molecule has 0 aromatic carbocycles. The molecule has 4 atom stereocenters.